The third-order valence-electron chi connectivity index (χ3n) is 3.81. The molecule has 0 saturated heterocycles. The van der Waals surface area contributed by atoms with E-state index in [1.165, 1.54) is 0 Å². The van der Waals surface area contributed by atoms with Gasteiger partial charge in [0.2, 0.25) is 5.91 Å². The van der Waals surface area contributed by atoms with Gasteiger partial charge < -0.3 is 10.1 Å². The molecule has 2 aliphatic rings. The van der Waals surface area contributed by atoms with E-state index >= 15 is 0 Å². The molecular weight excluding hydrogens is 242 g/mol. The number of rotatable bonds is 5. The minimum absolute atomic E-state index is 0.0672. The molecule has 0 unspecified atom stereocenters. The molecule has 4 atom stereocenters. The third-order valence-corrected chi connectivity index (χ3v) is 3.81. The van der Waals surface area contributed by atoms with E-state index in [0.717, 1.165) is 6.42 Å². The van der Waals surface area contributed by atoms with E-state index in [0.29, 0.717) is 6.54 Å². The second kappa shape index (κ2) is 5.59. The standard InChI is InChI=1S/C15H21NO3/c1-4-7-16-14(17)12-10-5-6-11(8-10)13(12)15(18)19-9(2)3/h4-6,9-13H,1,7-8H2,2-3H3,(H,16,17)/t10-,11-,12-,13+/m0/s1. The van der Waals surface area contributed by atoms with Crippen LogP contribution in [0.5, 0.6) is 0 Å². The Morgan fingerprint density at radius 1 is 1.37 bits per heavy atom. The summed E-state index contributed by atoms with van der Waals surface area (Å²) in [6, 6.07) is 0. The largest absolute Gasteiger partial charge is 0.463 e. The van der Waals surface area contributed by atoms with Crippen molar-refractivity contribution in [2.24, 2.45) is 23.7 Å². The molecule has 2 rings (SSSR count). The van der Waals surface area contributed by atoms with Gasteiger partial charge in [-0.05, 0) is 32.1 Å². The minimum Gasteiger partial charge on any atom is -0.463 e. The number of ether oxygens (including phenoxy) is 1. The first-order valence-electron chi connectivity index (χ1n) is 6.82. The lowest BCUT2D eigenvalue weighted by Gasteiger charge is -2.26. The highest BCUT2D eigenvalue weighted by Gasteiger charge is 2.52. The van der Waals surface area contributed by atoms with E-state index in [1.54, 1.807) is 6.08 Å². The monoisotopic (exact) mass is 263 g/mol. The van der Waals surface area contributed by atoms with E-state index in [-0.39, 0.29) is 41.7 Å². The first kappa shape index (κ1) is 13.8. The number of nitrogens with one attached hydrogen (secondary N) is 1. The summed E-state index contributed by atoms with van der Waals surface area (Å²) in [5, 5.41) is 2.80. The molecule has 104 valence electrons. The van der Waals surface area contributed by atoms with Crippen LogP contribution in [0.1, 0.15) is 20.3 Å². The van der Waals surface area contributed by atoms with Crippen LogP contribution in [0.25, 0.3) is 0 Å². The smallest absolute Gasteiger partial charge is 0.310 e. The van der Waals surface area contributed by atoms with Gasteiger partial charge in [0.25, 0.3) is 0 Å². The van der Waals surface area contributed by atoms with E-state index in [2.05, 4.69) is 18.0 Å². The van der Waals surface area contributed by atoms with Crippen LogP contribution >= 0.6 is 0 Å². The van der Waals surface area contributed by atoms with Crippen LogP contribution in [0.15, 0.2) is 24.8 Å². The summed E-state index contributed by atoms with van der Waals surface area (Å²) >= 11 is 0. The van der Waals surface area contributed by atoms with Crippen LogP contribution in [-0.4, -0.2) is 24.5 Å². The predicted octanol–water partition coefficient (Wildman–Crippen LogP) is 1.68. The zero-order chi connectivity index (χ0) is 14.0. The highest BCUT2D eigenvalue weighted by molar-refractivity contribution is 5.87. The van der Waals surface area contributed by atoms with Gasteiger partial charge in [0.1, 0.15) is 0 Å². The zero-order valence-corrected chi connectivity index (χ0v) is 11.5. The molecule has 1 amide bonds. The van der Waals surface area contributed by atoms with Crippen LogP contribution < -0.4 is 5.32 Å². The molecule has 0 aromatic heterocycles. The molecule has 1 saturated carbocycles. The van der Waals surface area contributed by atoms with Crippen molar-refractivity contribution in [3.8, 4) is 0 Å². The molecular formula is C15H21NO3. The quantitative estimate of drug-likeness (QED) is 0.606. The molecule has 2 bridgehead atoms. The van der Waals surface area contributed by atoms with Crippen LogP contribution in [0.4, 0.5) is 0 Å². The van der Waals surface area contributed by atoms with E-state index < -0.39 is 0 Å². The van der Waals surface area contributed by atoms with Crippen LogP contribution in [0.2, 0.25) is 0 Å². The number of allylic oxidation sites excluding steroid dienone is 2. The Morgan fingerprint density at radius 2 is 2.00 bits per heavy atom. The maximum Gasteiger partial charge on any atom is 0.310 e. The zero-order valence-electron chi connectivity index (χ0n) is 11.5. The molecule has 0 heterocycles. The van der Waals surface area contributed by atoms with E-state index in [1.807, 2.05) is 19.9 Å². The summed E-state index contributed by atoms with van der Waals surface area (Å²) in [5.74, 6) is -0.619. The van der Waals surface area contributed by atoms with Crippen molar-refractivity contribution in [2.45, 2.75) is 26.4 Å². The lowest BCUT2D eigenvalue weighted by atomic mass is 9.82. The Labute approximate surface area is 113 Å². The van der Waals surface area contributed by atoms with Gasteiger partial charge in [-0.2, -0.15) is 0 Å². The Kier molecular flexibility index (Phi) is 4.08. The van der Waals surface area contributed by atoms with Crippen molar-refractivity contribution in [1.29, 1.82) is 0 Å². The fourth-order valence-corrected chi connectivity index (χ4v) is 3.10. The van der Waals surface area contributed by atoms with Gasteiger partial charge in [-0.3, -0.25) is 9.59 Å². The number of fused-ring (bicyclic) bond motifs is 2. The number of carbonyl (C=O) groups excluding carboxylic acids is 2. The van der Waals surface area contributed by atoms with Crippen LogP contribution in [0.3, 0.4) is 0 Å². The number of amides is 1. The van der Waals surface area contributed by atoms with Gasteiger partial charge in [0, 0.05) is 6.54 Å². The molecule has 0 aromatic rings. The SMILES string of the molecule is C=CCNC(=O)[C@@H]1[C@H](C(=O)OC(C)C)[C@H]2C=C[C@H]1C2. The maximum atomic E-state index is 12.2. The summed E-state index contributed by atoms with van der Waals surface area (Å²) < 4.78 is 5.30. The minimum atomic E-state index is -0.331. The number of carbonyl (C=O) groups is 2. The second-order valence-corrected chi connectivity index (χ2v) is 5.52. The average molecular weight is 263 g/mol. The first-order chi connectivity index (χ1) is 9.04. The van der Waals surface area contributed by atoms with Gasteiger partial charge in [-0.1, -0.05) is 18.2 Å². The van der Waals surface area contributed by atoms with Crippen molar-refractivity contribution >= 4 is 11.9 Å². The molecule has 2 aliphatic carbocycles. The number of esters is 1. The Bertz CT molecular complexity index is 414. The molecule has 1 fully saturated rings. The van der Waals surface area contributed by atoms with Gasteiger partial charge in [0.15, 0.2) is 0 Å². The van der Waals surface area contributed by atoms with Crippen LogP contribution in [0, 0.1) is 23.7 Å². The topological polar surface area (TPSA) is 55.4 Å². The van der Waals surface area contributed by atoms with Gasteiger partial charge >= 0.3 is 5.97 Å². The second-order valence-electron chi connectivity index (χ2n) is 5.52. The molecule has 4 nitrogen and oxygen atoms in total. The molecule has 0 aromatic carbocycles. The Hall–Kier alpha value is -1.58. The summed E-state index contributed by atoms with van der Waals surface area (Å²) in [5.41, 5.74) is 0. The molecule has 19 heavy (non-hydrogen) atoms. The lowest BCUT2D eigenvalue weighted by molar-refractivity contribution is -0.157. The molecule has 4 heteroatoms. The number of hydrogen-bond donors (Lipinski definition) is 1. The molecule has 0 spiro atoms. The Balaban J connectivity index is 2.11. The summed E-state index contributed by atoms with van der Waals surface area (Å²) in [7, 11) is 0. The normalized spacial score (nSPS) is 31.5. The molecule has 0 radical (unpaired) electrons. The maximum absolute atomic E-state index is 12.2. The Morgan fingerprint density at radius 3 is 2.58 bits per heavy atom. The first-order valence-corrected chi connectivity index (χ1v) is 6.82. The molecule has 1 N–H and O–H groups in total. The van der Waals surface area contributed by atoms with E-state index in [9.17, 15) is 9.59 Å². The number of hydrogen-bond acceptors (Lipinski definition) is 3. The third kappa shape index (κ3) is 2.72. The van der Waals surface area contributed by atoms with Gasteiger partial charge in [-0.15, -0.1) is 6.58 Å². The lowest BCUT2D eigenvalue weighted by Crippen LogP contribution is -2.41. The summed E-state index contributed by atoms with van der Waals surface area (Å²) in [6.45, 7) is 7.67. The van der Waals surface area contributed by atoms with Crippen LogP contribution in [-0.2, 0) is 14.3 Å². The average Bonchev–Trinajstić information content (AvgIpc) is 2.94. The van der Waals surface area contributed by atoms with E-state index in [4.69, 9.17) is 4.74 Å². The fraction of sp³-hybridized carbons (Fsp3) is 0.600. The molecule has 0 aliphatic heterocycles. The fourth-order valence-electron chi connectivity index (χ4n) is 3.10. The van der Waals surface area contributed by atoms with Crippen molar-refractivity contribution in [3.63, 3.8) is 0 Å². The van der Waals surface area contributed by atoms with Gasteiger partial charge in [0.05, 0.1) is 17.9 Å². The van der Waals surface area contributed by atoms with Gasteiger partial charge in [-0.25, -0.2) is 0 Å². The predicted molar refractivity (Wildman–Crippen MR) is 72.2 cm³/mol. The highest BCUT2D eigenvalue weighted by atomic mass is 16.5. The van der Waals surface area contributed by atoms with Crippen molar-refractivity contribution in [3.05, 3.63) is 24.8 Å². The van der Waals surface area contributed by atoms with Crippen molar-refractivity contribution in [2.75, 3.05) is 6.54 Å². The highest BCUT2D eigenvalue weighted by Crippen LogP contribution is 2.48. The summed E-state index contributed by atoms with van der Waals surface area (Å²) in [6.07, 6.45) is 6.48. The van der Waals surface area contributed by atoms with Crippen molar-refractivity contribution in [1.82, 2.24) is 5.32 Å². The summed E-state index contributed by atoms with van der Waals surface area (Å²) in [4.78, 5) is 24.4. The van der Waals surface area contributed by atoms with Crippen molar-refractivity contribution < 1.29 is 14.3 Å².